The van der Waals surface area contributed by atoms with E-state index in [1.807, 2.05) is 24.3 Å². The van der Waals surface area contributed by atoms with Gasteiger partial charge in [-0.2, -0.15) is 0 Å². The van der Waals surface area contributed by atoms with Gasteiger partial charge in [-0.3, -0.25) is 20.4 Å². The van der Waals surface area contributed by atoms with Gasteiger partial charge in [-0.1, -0.05) is 18.2 Å². The number of benzene rings is 2. The molecule has 0 unspecified atom stereocenters. The third-order valence-electron chi connectivity index (χ3n) is 3.42. The van der Waals surface area contributed by atoms with Crippen molar-refractivity contribution in [1.82, 2.24) is 15.8 Å². The lowest BCUT2D eigenvalue weighted by atomic mass is 10.2. The number of para-hydroxylation sites is 1. The van der Waals surface area contributed by atoms with Crippen molar-refractivity contribution in [3.8, 4) is 5.75 Å². The van der Waals surface area contributed by atoms with Crippen LogP contribution >= 0.6 is 0 Å². The van der Waals surface area contributed by atoms with E-state index in [9.17, 15) is 9.59 Å². The number of H-pyrrole nitrogens is 1. The number of hydrogen-bond donors (Lipinski definition) is 3. The first-order chi connectivity index (χ1) is 11.2. The number of aromatic amines is 1. The van der Waals surface area contributed by atoms with Crippen LogP contribution in [0, 0.1) is 0 Å². The molecule has 1 heterocycles. The van der Waals surface area contributed by atoms with Crippen molar-refractivity contribution in [2.75, 3.05) is 7.11 Å². The molecule has 6 nitrogen and oxygen atoms in total. The fourth-order valence-electron chi connectivity index (χ4n) is 2.19. The van der Waals surface area contributed by atoms with Crippen molar-refractivity contribution in [1.29, 1.82) is 0 Å². The number of carbonyl (C=O) groups is 2. The van der Waals surface area contributed by atoms with Gasteiger partial charge in [-0.05, 0) is 36.4 Å². The molecule has 3 rings (SSSR count). The van der Waals surface area contributed by atoms with Gasteiger partial charge < -0.3 is 9.72 Å². The Kier molecular flexibility index (Phi) is 3.97. The Labute approximate surface area is 132 Å². The van der Waals surface area contributed by atoms with Gasteiger partial charge in [0.05, 0.1) is 7.11 Å². The summed E-state index contributed by atoms with van der Waals surface area (Å²) in [6.45, 7) is 0. The first kappa shape index (κ1) is 14.6. The molecule has 0 saturated carbocycles. The maximum absolute atomic E-state index is 12.1. The third-order valence-corrected chi connectivity index (χ3v) is 3.42. The lowest BCUT2D eigenvalue weighted by Crippen LogP contribution is -2.41. The molecule has 0 spiro atoms. The molecule has 3 N–H and O–H groups in total. The lowest BCUT2D eigenvalue weighted by molar-refractivity contribution is 0.0844. The van der Waals surface area contributed by atoms with Gasteiger partial charge in [0.15, 0.2) is 0 Å². The van der Waals surface area contributed by atoms with Gasteiger partial charge in [-0.15, -0.1) is 0 Å². The topological polar surface area (TPSA) is 83.2 Å². The number of carbonyl (C=O) groups excluding carboxylic acids is 2. The number of nitrogens with one attached hydrogen (secondary N) is 3. The average Bonchev–Trinajstić information content (AvgIpc) is 3.03. The van der Waals surface area contributed by atoms with Gasteiger partial charge in [0.1, 0.15) is 11.4 Å². The fourth-order valence-corrected chi connectivity index (χ4v) is 2.19. The number of amides is 2. The second-order valence-corrected chi connectivity index (χ2v) is 4.91. The average molecular weight is 309 g/mol. The third kappa shape index (κ3) is 3.16. The number of ether oxygens (including phenoxy) is 1. The summed E-state index contributed by atoms with van der Waals surface area (Å²) in [5.41, 5.74) is 6.42. The Morgan fingerprint density at radius 3 is 2.35 bits per heavy atom. The highest BCUT2D eigenvalue weighted by molar-refractivity contribution is 6.00. The first-order valence-electron chi connectivity index (χ1n) is 7.00. The second-order valence-electron chi connectivity index (χ2n) is 4.91. The summed E-state index contributed by atoms with van der Waals surface area (Å²) in [5.74, 6) is -0.163. The molecular formula is C17H15N3O3. The predicted octanol–water partition coefficient (Wildman–Crippen LogP) is 2.25. The molecule has 6 heteroatoms. The zero-order valence-corrected chi connectivity index (χ0v) is 12.4. The molecule has 2 amide bonds. The molecule has 116 valence electrons. The number of rotatable bonds is 3. The van der Waals surface area contributed by atoms with Crippen molar-refractivity contribution in [3.05, 3.63) is 65.9 Å². The van der Waals surface area contributed by atoms with E-state index in [1.54, 1.807) is 37.4 Å². The Balaban J connectivity index is 1.64. The predicted molar refractivity (Wildman–Crippen MR) is 86.2 cm³/mol. The molecule has 0 bridgehead atoms. The first-order valence-corrected chi connectivity index (χ1v) is 7.00. The maximum Gasteiger partial charge on any atom is 0.286 e. The van der Waals surface area contributed by atoms with E-state index in [-0.39, 0.29) is 0 Å². The molecule has 0 aliphatic heterocycles. The summed E-state index contributed by atoms with van der Waals surface area (Å²) in [5, 5.41) is 0.930. The molecule has 0 radical (unpaired) electrons. The molecule has 0 fully saturated rings. The van der Waals surface area contributed by atoms with Gasteiger partial charge in [0, 0.05) is 16.5 Å². The molecule has 0 aliphatic rings. The molecule has 2 aromatic carbocycles. The van der Waals surface area contributed by atoms with Crippen molar-refractivity contribution >= 4 is 22.7 Å². The van der Waals surface area contributed by atoms with Gasteiger partial charge in [0.2, 0.25) is 0 Å². The van der Waals surface area contributed by atoms with E-state index >= 15 is 0 Å². The standard InChI is InChI=1S/C17H15N3O3/c1-23-13-8-6-11(7-9-13)16(21)19-20-17(22)15-10-12-4-2-3-5-14(12)18-15/h2-10,18H,1H3,(H,19,21)(H,20,22). The van der Waals surface area contributed by atoms with E-state index in [2.05, 4.69) is 15.8 Å². The molecule has 1 aromatic heterocycles. The normalized spacial score (nSPS) is 10.3. The molecule has 0 aliphatic carbocycles. The smallest absolute Gasteiger partial charge is 0.286 e. The van der Waals surface area contributed by atoms with Crippen molar-refractivity contribution < 1.29 is 14.3 Å². The van der Waals surface area contributed by atoms with E-state index in [4.69, 9.17) is 4.74 Å². The summed E-state index contributed by atoms with van der Waals surface area (Å²) < 4.78 is 5.03. The summed E-state index contributed by atoms with van der Waals surface area (Å²) in [6.07, 6.45) is 0. The Bertz CT molecular complexity index is 820. The lowest BCUT2D eigenvalue weighted by Gasteiger charge is -2.07. The second kappa shape index (κ2) is 6.23. The van der Waals surface area contributed by atoms with Crippen molar-refractivity contribution in [2.24, 2.45) is 0 Å². The van der Waals surface area contributed by atoms with Gasteiger partial charge in [0.25, 0.3) is 11.8 Å². The van der Waals surface area contributed by atoms with E-state index in [0.717, 1.165) is 10.9 Å². The molecular weight excluding hydrogens is 294 g/mol. The highest BCUT2D eigenvalue weighted by Gasteiger charge is 2.11. The molecule has 0 atom stereocenters. The van der Waals surface area contributed by atoms with Crippen LogP contribution in [0.25, 0.3) is 10.9 Å². The summed E-state index contributed by atoms with van der Waals surface area (Å²) in [4.78, 5) is 27.0. The summed E-state index contributed by atoms with van der Waals surface area (Å²) in [6, 6.07) is 15.9. The Hall–Kier alpha value is -3.28. The SMILES string of the molecule is COc1ccc(C(=O)NNC(=O)c2cc3ccccc3[nH]2)cc1. The number of hydrogen-bond acceptors (Lipinski definition) is 3. The summed E-state index contributed by atoms with van der Waals surface area (Å²) >= 11 is 0. The number of aromatic nitrogens is 1. The largest absolute Gasteiger partial charge is 0.497 e. The van der Waals surface area contributed by atoms with E-state index in [0.29, 0.717) is 17.0 Å². The van der Waals surface area contributed by atoms with Crippen molar-refractivity contribution in [2.45, 2.75) is 0 Å². The fraction of sp³-hybridized carbons (Fsp3) is 0.0588. The van der Waals surface area contributed by atoms with Crippen LogP contribution in [-0.4, -0.2) is 23.9 Å². The zero-order valence-electron chi connectivity index (χ0n) is 12.4. The quantitative estimate of drug-likeness (QED) is 0.649. The van der Waals surface area contributed by atoms with Crippen LogP contribution in [0.4, 0.5) is 0 Å². The van der Waals surface area contributed by atoms with E-state index in [1.165, 1.54) is 0 Å². The van der Waals surface area contributed by atoms with Gasteiger partial charge >= 0.3 is 0 Å². The Morgan fingerprint density at radius 2 is 1.65 bits per heavy atom. The minimum absolute atomic E-state index is 0.376. The number of fused-ring (bicyclic) bond motifs is 1. The van der Waals surface area contributed by atoms with Crippen LogP contribution in [0.2, 0.25) is 0 Å². The van der Waals surface area contributed by atoms with Gasteiger partial charge in [-0.25, -0.2) is 0 Å². The highest BCUT2D eigenvalue weighted by atomic mass is 16.5. The van der Waals surface area contributed by atoms with Crippen LogP contribution in [0.1, 0.15) is 20.8 Å². The van der Waals surface area contributed by atoms with Crippen LogP contribution in [-0.2, 0) is 0 Å². The monoisotopic (exact) mass is 309 g/mol. The van der Waals surface area contributed by atoms with E-state index < -0.39 is 11.8 Å². The van der Waals surface area contributed by atoms with Crippen LogP contribution in [0.5, 0.6) is 5.75 Å². The molecule has 0 saturated heterocycles. The molecule has 23 heavy (non-hydrogen) atoms. The van der Waals surface area contributed by atoms with Crippen LogP contribution in [0.15, 0.2) is 54.6 Å². The molecule has 3 aromatic rings. The number of hydrazine groups is 1. The number of methoxy groups -OCH3 is 1. The summed E-state index contributed by atoms with van der Waals surface area (Å²) in [7, 11) is 1.55. The highest BCUT2D eigenvalue weighted by Crippen LogP contribution is 2.14. The van der Waals surface area contributed by atoms with Crippen LogP contribution in [0.3, 0.4) is 0 Å². The Morgan fingerprint density at radius 1 is 0.957 bits per heavy atom. The zero-order chi connectivity index (χ0) is 16.2. The minimum atomic E-state index is -0.414. The maximum atomic E-state index is 12.1. The van der Waals surface area contributed by atoms with Crippen LogP contribution < -0.4 is 15.6 Å². The van der Waals surface area contributed by atoms with Crippen molar-refractivity contribution in [3.63, 3.8) is 0 Å². The minimum Gasteiger partial charge on any atom is -0.497 e.